The van der Waals surface area contributed by atoms with Crippen LogP contribution in [0.2, 0.25) is 0 Å². The molecule has 0 aromatic heterocycles. The summed E-state index contributed by atoms with van der Waals surface area (Å²) < 4.78 is 41.6. The lowest BCUT2D eigenvalue weighted by Gasteiger charge is -2.32. The second-order valence-electron chi connectivity index (χ2n) is 8.24. The number of amides is 1. The number of hydrogen-bond donors (Lipinski definition) is 1. The summed E-state index contributed by atoms with van der Waals surface area (Å²) in [5, 5.41) is 3.26. The second-order valence-corrected chi connectivity index (χ2v) is 8.24. The van der Waals surface area contributed by atoms with Gasteiger partial charge in [0, 0.05) is 23.8 Å². The van der Waals surface area contributed by atoms with Crippen molar-refractivity contribution >= 4 is 11.6 Å². The molecule has 0 atom stereocenters. The number of likely N-dealkylation sites (tertiary alicyclic amines) is 1. The number of anilines is 1. The average Bonchev–Trinajstić information content (AvgIpc) is 3.04. The molecule has 0 aliphatic carbocycles. The normalized spacial score (nSPS) is 18.2. The molecule has 2 heterocycles. The van der Waals surface area contributed by atoms with Gasteiger partial charge >= 0.3 is 6.18 Å². The van der Waals surface area contributed by atoms with Gasteiger partial charge in [-0.1, -0.05) is 12.1 Å². The molecular formula is C23H26F3N3O. The zero-order chi connectivity index (χ0) is 21.5. The molecule has 1 N–H and O–H groups in total. The zero-order valence-corrected chi connectivity index (χ0v) is 17.2. The Morgan fingerprint density at radius 3 is 2.50 bits per heavy atom. The van der Waals surface area contributed by atoms with E-state index in [9.17, 15) is 18.0 Å². The standard InChI is InChI=1S/C23H26F3N3O/c1-15-4-3-5-18(10-15)29-14-20-19(22(29)30)11-16(12-21(20)23(24,25)26)13-28-8-6-17(27-2)7-9-28/h3-5,10-12,17,27H,6-9,13-14H2,1-2H3. The second kappa shape index (κ2) is 8.04. The maximum Gasteiger partial charge on any atom is 0.416 e. The van der Waals surface area contributed by atoms with Gasteiger partial charge in [0.25, 0.3) is 5.91 Å². The fourth-order valence-electron chi connectivity index (χ4n) is 4.45. The van der Waals surface area contributed by atoms with Gasteiger partial charge in [0.15, 0.2) is 0 Å². The molecule has 1 amide bonds. The molecule has 0 unspecified atom stereocenters. The van der Waals surface area contributed by atoms with E-state index in [0.29, 0.717) is 23.8 Å². The molecule has 0 saturated carbocycles. The number of benzene rings is 2. The molecule has 0 spiro atoms. The minimum absolute atomic E-state index is 0.0553. The predicted molar refractivity (Wildman–Crippen MR) is 110 cm³/mol. The van der Waals surface area contributed by atoms with Crippen molar-refractivity contribution in [2.45, 2.75) is 45.1 Å². The predicted octanol–water partition coefficient (Wildman–Crippen LogP) is 4.36. The Morgan fingerprint density at radius 1 is 1.13 bits per heavy atom. The Hall–Kier alpha value is -2.38. The van der Waals surface area contributed by atoms with E-state index in [4.69, 9.17) is 0 Å². The highest BCUT2D eigenvalue weighted by Gasteiger charge is 2.40. The lowest BCUT2D eigenvalue weighted by Crippen LogP contribution is -2.40. The van der Waals surface area contributed by atoms with E-state index >= 15 is 0 Å². The van der Waals surface area contributed by atoms with E-state index in [1.165, 1.54) is 11.0 Å². The van der Waals surface area contributed by atoms with Crippen LogP contribution in [0.4, 0.5) is 18.9 Å². The summed E-state index contributed by atoms with van der Waals surface area (Å²) >= 11 is 0. The quantitative estimate of drug-likeness (QED) is 0.803. The Bertz CT molecular complexity index is 949. The minimum Gasteiger partial charge on any atom is -0.317 e. The maximum atomic E-state index is 13.9. The topological polar surface area (TPSA) is 35.6 Å². The Kier molecular flexibility index (Phi) is 5.59. The molecule has 1 saturated heterocycles. The Labute approximate surface area is 174 Å². The van der Waals surface area contributed by atoms with Gasteiger partial charge in [-0.3, -0.25) is 9.69 Å². The number of fused-ring (bicyclic) bond motifs is 1. The highest BCUT2D eigenvalue weighted by atomic mass is 19.4. The van der Waals surface area contributed by atoms with Gasteiger partial charge in [-0.25, -0.2) is 0 Å². The van der Waals surface area contributed by atoms with Crippen LogP contribution in [0.1, 0.15) is 45.5 Å². The van der Waals surface area contributed by atoms with Crippen molar-refractivity contribution < 1.29 is 18.0 Å². The Balaban J connectivity index is 1.65. The van der Waals surface area contributed by atoms with Gasteiger partial charge in [0.1, 0.15) is 0 Å². The molecule has 0 radical (unpaired) electrons. The number of halogens is 3. The van der Waals surface area contributed by atoms with Gasteiger partial charge in [0.2, 0.25) is 0 Å². The van der Waals surface area contributed by atoms with Crippen molar-refractivity contribution in [3.05, 3.63) is 64.2 Å². The van der Waals surface area contributed by atoms with E-state index in [0.717, 1.165) is 31.5 Å². The summed E-state index contributed by atoms with van der Waals surface area (Å²) in [6.07, 6.45) is -2.57. The van der Waals surface area contributed by atoms with E-state index in [-0.39, 0.29) is 23.6 Å². The molecule has 160 valence electrons. The SMILES string of the molecule is CNC1CCN(Cc2cc3c(c(C(F)(F)F)c2)CN(c2cccc(C)c2)C3=O)CC1. The summed E-state index contributed by atoms with van der Waals surface area (Å²) in [5.74, 6) is -0.364. The summed E-state index contributed by atoms with van der Waals surface area (Å²) in [4.78, 5) is 16.7. The molecule has 1 fully saturated rings. The van der Waals surface area contributed by atoms with Crippen LogP contribution in [0, 0.1) is 6.92 Å². The smallest absolute Gasteiger partial charge is 0.317 e. The molecule has 2 aliphatic heterocycles. The number of piperidine rings is 1. The summed E-state index contributed by atoms with van der Waals surface area (Å²) in [5.41, 5.74) is 1.68. The molecular weight excluding hydrogens is 391 g/mol. The van der Waals surface area contributed by atoms with Gasteiger partial charge in [-0.05, 0) is 80.9 Å². The van der Waals surface area contributed by atoms with Crippen LogP contribution >= 0.6 is 0 Å². The third-order valence-corrected chi connectivity index (χ3v) is 6.12. The van der Waals surface area contributed by atoms with Gasteiger partial charge in [-0.15, -0.1) is 0 Å². The van der Waals surface area contributed by atoms with Crippen LogP contribution < -0.4 is 10.2 Å². The molecule has 2 aliphatic rings. The van der Waals surface area contributed by atoms with Gasteiger partial charge in [-0.2, -0.15) is 13.2 Å². The molecule has 4 nitrogen and oxygen atoms in total. The van der Waals surface area contributed by atoms with Gasteiger partial charge < -0.3 is 10.2 Å². The lowest BCUT2D eigenvalue weighted by molar-refractivity contribution is -0.138. The summed E-state index contributed by atoms with van der Waals surface area (Å²) in [7, 11) is 1.93. The van der Waals surface area contributed by atoms with Crippen LogP contribution in [-0.2, 0) is 19.3 Å². The van der Waals surface area contributed by atoms with Crippen molar-refractivity contribution in [2.24, 2.45) is 0 Å². The van der Waals surface area contributed by atoms with E-state index < -0.39 is 11.7 Å². The van der Waals surface area contributed by atoms with Crippen molar-refractivity contribution in [2.75, 3.05) is 25.0 Å². The van der Waals surface area contributed by atoms with Crippen LogP contribution in [0.25, 0.3) is 0 Å². The number of hydrogen-bond acceptors (Lipinski definition) is 3. The highest BCUT2D eigenvalue weighted by molar-refractivity contribution is 6.10. The molecule has 30 heavy (non-hydrogen) atoms. The number of rotatable bonds is 4. The van der Waals surface area contributed by atoms with Crippen LogP contribution in [0.15, 0.2) is 36.4 Å². The number of carbonyl (C=O) groups excluding carboxylic acids is 1. The molecule has 2 aromatic rings. The molecule has 4 rings (SSSR count). The van der Waals surface area contributed by atoms with Crippen molar-refractivity contribution in [3.63, 3.8) is 0 Å². The fraction of sp³-hybridized carbons (Fsp3) is 0.435. The molecule has 2 aromatic carbocycles. The monoisotopic (exact) mass is 417 g/mol. The number of alkyl halides is 3. The number of nitrogens with zero attached hydrogens (tertiary/aromatic N) is 2. The van der Waals surface area contributed by atoms with Crippen molar-refractivity contribution in [1.82, 2.24) is 10.2 Å². The van der Waals surface area contributed by atoms with Crippen LogP contribution in [-0.4, -0.2) is 37.0 Å². The number of aryl methyl sites for hydroxylation is 1. The third-order valence-electron chi connectivity index (χ3n) is 6.12. The largest absolute Gasteiger partial charge is 0.416 e. The summed E-state index contributed by atoms with van der Waals surface area (Å²) in [6, 6.07) is 10.6. The fourth-order valence-corrected chi connectivity index (χ4v) is 4.45. The first-order valence-corrected chi connectivity index (χ1v) is 10.3. The highest BCUT2D eigenvalue weighted by Crippen LogP contribution is 2.39. The first-order chi connectivity index (χ1) is 14.3. The van der Waals surface area contributed by atoms with Crippen LogP contribution in [0.5, 0.6) is 0 Å². The first kappa shape index (κ1) is 20.9. The lowest BCUT2D eigenvalue weighted by atomic mass is 9.97. The average molecular weight is 417 g/mol. The van der Waals surface area contributed by atoms with Crippen molar-refractivity contribution in [1.29, 1.82) is 0 Å². The Morgan fingerprint density at radius 2 is 1.87 bits per heavy atom. The van der Waals surface area contributed by atoms with E-state index in [2.05, 4.69) is 10.2 Å². The first-order valence-electron chi connectivity index (χ1n) is 10.3. The van der Waals surface area contributed by atoms with Crippen LogP contribution in [0.3, 0.4) is 0 Å². The maximum absolute atomic E-state index is 13.9. The van der Waals surface area contributed by atoms with E-state index in [1.54, 1.807) is 12.1 Å². The number of nitrogens with one attached hydrogen (secondary N) is 1. The minimum atomic E-state index is -4.50. The zero-order valence-electron chi connectivity index (χ0n) is 17.2. The van der Waals surface area contributed by atoms with E-state index in [1.807, 2.05) is 32.2 Å². The van der Waals surface area contributed by atoms with Crippen molar-refractivity contribution in [3.8, 4) is 0 Å². The molecule has 7 heteroatoms. The number of carbonyl (C=O) groups is 1. The summed E-state index contributed by atoms with van der Waals surface area (Å²) in [6.45, 7) is 3.92. The third kappa shape index (κ3) is 4.09. The molecule has 0 bridgehead atoms. The van der Waals surface area contributed by atoms with Gasteiger partial charge in [0.05, 0.1) is 12.1 Å².